The topological polar surface area (TPSA) is 77.5 Å². The Kier molecular flexibility index (Phi) is 10.3. The van der Waals surface area contributed by atoms with Crippen molar-refractivity contribution >= 4 is 11.9 Å². The number of nitrogens with zero attached hydrogens (tertiary/aromatic N) is 2. The molecule has 2 aromatic carbocycles. The Morgan fingerprint density at radius 1 is 0.975 bits per heavy atom. The summed E-state index contributed by atoms with van der Waals surface area (Å²) >= 11 is 0. The number of benzene rings is 2. The van der Waals surface area contributed by atoms with Gasteiger partial charge in [0.15, 0.2) is 11.5 Å². The molecule has 1 fully saturated rings. The van der Waals surface area contributed by atoms with Crippen LogP contribution >= 0.6 is 0 Å². The molecular weight excluding hydrogens is 508 g/mol. The number of esters is 1. The highest BCUT2D eigenvalue weighted by atomic mass is 16.7. The minimum absolute atomic E-state index is 0.106. The van der Waals surface area contributed by atoms with Crippen LogP contribution in [0.15, 0.2) is 42.5 Å². The van der Waals surface area contributed by atoms with E-state index >= 15 is 0 Å². The molecule has 0 aromatic heterocycles. The molecule has 0 aliphatic carbocycles. The molecule has 0 spiro atoms. The molecule has 0 radical (unpaired) electrons. The van der Waals surface area contributed by atoms with Gasteiger partial charge in [-0.3, -0.25) is 14.5 Å². The molecular formula is C32H44N2O6. The molecule has 0 saturated carbocycles. The van der Waals surface area contributed by atoms with Crippen LogP contribution in [0.25, 0.3) is 0 Å². The third-order valence-corrected chi connectivity index (χ3v) is 8.11. The van der Waals surface area contributed by atoms with Crippen LogP contribution in [0.4, 0.5) is 0 Å². The van der Waals surface area contributed by atoms with Crippen LogP contribution in [-0.4, -0.2) is 67.9 Å². The number of unbranched alkanes of at least 4 members (excludes halogenated alkanes) is 2. The van der Waals surface area contributed by atoms with Crippen molar-refractivity contribution in [2.24, 2.45) is 5.92 Å². The second kappa shape index (κ2) is 13.9. The van der Waals surface area contributed by atoms with Crippen molar-refractivity contribution in [1.29, 1.82) is 0 Å². The summed E-state index contributed by atoms with van der Waals surface area (Å²) in [6.07, 6.45) is 3.99. The largest absolute Gasteiger partial charge is 0.497 e. The number of fused-ring (bicyclic) bond motifs is 1. The number of hydrogen-bond acceptors (Lipinski definition) is 7. The van der Waals surface area contributed by atoms with Gasteiger partial charge in [0.2, 0.25) is 12.7 Å². The fourth-order valence-electron chi connectivity index (χ4n) is 5.90. The summed E-state index contributed by atoms with van der Waals surface area (Å²) in [5.74, 6) is 1.25. The van der Waals surface area contributed by atoms with E-state index in [1.807, 2.05) is 61.2 Å². The zero-order chi connectivity index (χ0) is 28.6. The number of rotatable bonds is 13. The summed E-state index contributed by atoms with van der Waals surface area (Å²) in [5, 5.41) is 0. The summed E-state index contributed by atoms with van der Waals surface area (Å²) in [6.45, 7) is 10.6. The fourth-order valence-corrected chi connectivity index (χ4v) is 5.90. The molecule has 0 bridgehead atoms. The van der Waals surface area contributed by atoms with Gasteiger partial charge < -0.3 is 23.8 Å². The van der Waals surface area contributed by atoms with E-state index in [0.717, 1.165) is 55.6 Å². The first-order valence-corrected chi connectivity index (χ1v) is 14.7. The van der Waals surface area contributed by atoms with Gasteiger partial charge in [0.1, 0.15) is 5.75 Å². The van der Waals surface area contributed by atoms with Crippen molar-refractivity contribution in [2.75, 3.05) is 40.1 Å². The number of hydrogen-bond donors (Lipinski definition) is 0. The average molecular weight is 553 g/mol. The van der Waals surface area contributed by atoms with Crippen molar-refractivity contribution in [3.63, 3.8) is 0 Å². The first-order valence-electron chi connectivity index (χ1n) is 14.7. The Morgan fingerprint density at radius 2 is 1.62 bits per heavy atom. The van der Waals surface area contributed by atoms with E-state index in [2.05, 4.69) is 18.7 Å². The lowest BCUT2D eigenvalue weighted by molar-refractivity contribution is -0.150. The number of carbonyl (C=O) groups is 2. The smallest absolute Gasteiger partial charge is 0.311 e. The van der Waals surface area contributed by atoms with Gasteiger partial charge in [-0.25, -0.2) is 0 Å². The summed E-state index contributed by atoms with van der Waals surface area (Å²) in [6, 6.07) is 12.9. The lowest BCUT2D eigenvalue weighted by Gasteiger charge is -2.35. The van der Waals surface area contributed by atoms with Gasteiger partial charge in [0, 0.05) is 31.6 Å². The first-order chi connectivity index (χ1) is 19.4. The lowest BCUT2D eigenvalue weighted by atomic mass is 9.82. The maximum atomic E-state index is 14.0. The standard InChI is InChI=1S/C32H44N2O6/c1-6-9-17-33(18-10-7-2)31(35)22(4)34-20-26(24-13-16-27-28(19-24)40-21-39-27)29(32(36)38-8-3)30(34)23-11-14-25(37-5)15-12-23/h11-16,19,22,26,29-30H,6-10,17-18,20-21H2,1-5H3/t22?,26-,29-,30+/m1/s1. The number of carbonyl (C=O) groups excluding carboxylic acids is 2. The summed E-state index contributed by atoms with van der Waals surface area (Å²) < 4.78 is 22.3. The van der Waals surface area contributed by atoms with Gasteiger partial charge in [0.05, 0.1) is 25.7 Å². The highest BCUT2D eigenvalue weighted by Crippen LogP contribution is 2.49. The zero-order valence-electron chi connectivity index (χ0n) is 24.6. The van der Waals surface area contributed by atoms with Gasteiger partial charge in [-0.2, -0.15) is 0 Å². The molecule has 2 aliphatic heterocycles. The molecule has 1 saturated heterocycles. The number of likely N-dealkylation sites (tertiary alicyclic amines) is 1. The highest BCUT2D eigenvalue weighted by molar-refractivity contribution is 5.82. The van der Waals surface area contributed by atoms with Crippen LogP contribution in [-0.2, 0) is 14.3 Å². The van der Waals surface area contributed by atoms with Crippen molar-refractivity contribution in [3.05, 3.63) is 53.6 Å². The first kappa shape index (κ1) is 29.7. The third kappa shape index (κ3) is 6.38. The van der Waals surface area contributed by atoms with Crippen molar-refractivity contribution in [1.82, 2.24) is 9.80 Å². The zero-order valence-corrected chi connectivity index (χ0v) is 24.6. The molecule has 4 rings (SSSR count). The van der Waals surface area contributed by atoms with Crippen LogP contribution in [0.5, 0.6) is 17.2 Å². The Bertz CT molecular complexity index is 1130. The van der Waals surface area contributed by atoms with Gasteiger partial charge in [-0.15, -0.1) is 0 Å². The van der Waals surface area contributed by atoms with Gasteiger partial charge in [-0.1, -0.05) is 44.9 Å². The predicted molar refractivity (Wildman–Crippen MR) is 154 cm³/mol. The van der Waals surface area contributed by atoms with E-state index in [-0.39, 0.29) is 37.2 Å². The molecule has 1 unspecified atom stereocenters. The fraction of sp³-hybridized carbons (Fsp3) is 0.562. The second-order valence-electron chi connectivity index (χ2n) is 10.6. The van der Waals surface area contributed by atoms with Gasteiger partial charge >= 0.3 is 5.97 Å². The number of amides is 1. The average Bonchev–Trinajstić information content (AvgIpc) is 3.61. The van der Waals surface area contributed by atoms with Crippen LogP contribution in [0.3, 0.4) is 0 Å². The van der Waals surface area contributed by atoms with E-state index < -0.39 is 12.0 Å². The van der Waals surface area contributed by atoms with Gasteiger partial charge in [0.25, 0.3) is 0 Å². The normalized spacial score (nSPS) is 20.8. The van der Waals surface area contributed by atoms with Crippen molar-refractivity contribution in [2.45, 2.75) is 71.4 Å². The molecule has 4 atom stereocenters. The molecule has 0 N–H and O–H groups in total. The second-order valence-corrected chi connectivity index (χ2v) is 10.6. The Balaban J connectivity index is 1.76. The summed E-state index contributed by atoms with van der Waals surface area (Å²) in [4.78, 5) is 31.9. The van der Waals surface area contributed by atoms with Crippen LogP contribution in [0.2, 0.25) is 0 Å². The molecule has 218 valence electrons. The molecule has 2 aromatic rings. The van der Waals surface area contributed by atoms with Gasteiger partial charge in [-0.05, 0) is 62.1 Å². The molecule has 2 heterocycles. The molecule has 40 heavy (non-hydrogen) atoms. The van der Waals surface area contributed by atoms with Crippen LogP contribution in [0.1, 0.15) is 76.5 Å². The monoisotopic (exact) mass is 552 g/mol. The summed E-state index contributed by atoms with van der Waals surface area (Å²) in [7, 11) is 1.63. The van der Waals surface area contributed by atoms with Crippen LogP contribution < -0.4 is 14.2 Å². The van der Waals surface area contributed by atoms with E-state index in [1.165, 1.54) is 0 Å². The highest BCUT2D eigenvalue weighted by Gasteiger charge is 2.51. The SMILES string of the molecule is CCCCN(CCCC)C(=O)C(C)N1C[C@H](c2ccc3c(c2)OCO3)[C@@H](C(=O)OCC)[C@@H]1c1ccc(OC)cc1. The van der Waals surface area contributed by atoms with E-state index in [9.17, 15) is 9.59 Å². The minimum atomic E-state index is -0.510. The molecule has 8 nitrogen and oxygen atoms in total. The molecule has 1 amide bonds. The van der Waals surface area contributed by atoms with Crippen molar-refractivity contribution < 1.29 is 28.5 Å². The maximum absolute atomic E-state index is 14.0. The van der Waals surface area contributed by atoms with E-state index in [4.69, 9.17) is 18.9 Å². The van der Waals surface area contributed by atoms with E-state index in [0.29, 0.717) is 18.0 Å². The van der Waals surface area contributed by atoms with E-state index in [1.54, 1.807) is 7.11 Å². The molecule has 8 heteroatoms. The number of methoxy groups -OCH3 is 1. The Labute approximate surface area is 238 Å². The predicted octanol–water partition coefficient (Wildman–Crippen LogP) is 5.56. The lowest BCUT2D eigenvalue weighted by Crippen LogP contribution is -2.48. The Morgan fingerprint density at radius 3 is 2.25 bits per heavy atom. The maximum Gasteiger partial charge on any atom is 0.311 e. The third-order valence-electron chi connectivity index (χ3n) is 8.11. The molecule has 2 aliphatic rings. The summed E-state index contributed by atoms with van der Waals surface area (Å²) in [5.41, 5.74) is 1.92. The Hall–Kier alpha value is -3.26. The number of ether oxygens (including phenoxy) is 4. The van der Waals surface area contributed by atoms with Crippen LogP contribution in [0, 0.1) is 5.92 Å². The quantitative estimate of drug-likeness (QED) is 0.301. The minimum Gasteiger partial charge on any atom is -0.497 e. The van der Waals surface area contributed by atoms with Crippen molar-refractivity contribution in [3.8, 4) is 17.2 Å².